The summed E-state index contributed by atoms with van der Waals surface area (Å²) < 4.78 is 5.35. The lowest BCUT2D eigenvalue weighted by atomic mass is 9.53. The van der Waals surface area contributed by atoms with Gasteiger partial charge in [0.15, 0.2) is 0 Å². The van der Waals surface area contributed by atoms with Gasteiger partial charge in [-0.25, -0.2) is 4.79 Å². The van der Waals surface area contributed by atoms with Crippen molar-refractivity contribution < 1.29 is 14.3 Å². The van der Waals surface area contributed by atoms with E-state index in [2.05, 4.69) is 12.2 Å². The van der Waals surface area contributed by atoms with E-state index in [1.165, 1.54) is 31.0 Å². The number of hydrogen-bond donors (Lipinski definition) is 1. The van der Waals surface area contributed by atoms with Crippen LogP contribution in [-0.2, 0) is 9.53 Å². The zero-order valence-electron chi connectivity index (χ0n) is 16.7. The minimum atomic E-state index is -0.293. The van der Waals surface area contributed by atoms with Crippen LogP contribution in [0.2, 0.25) is 0 Å². The molecule has 28 heavy (non-hydrogen) atoms. The second-order valence-electron chi connectivity index (χ2n) is 9.02. The SMILES string of the molecule is CCCCOC(=O)c1ccccc1SCC(=O)NC12CC3CC(CC(C3)C1)C2. The monoisotopic (exact) mass is 401 g/mol. The molecule has 4 fully saturated rings. The first-order valence-corrected chi connectivity index (χ1v) is 11.8. The van der Waals surface area contributed by atoms with Gasteiger partial charge in [0.05, 0.1) is 17.9 Å². The summed E-state index contributed by atoms with van der Waals surface area (Å²) >= 11 is 1.44. The lowest BCUT2D eigenvalue weighted by molar-refractivity contribution is -0.124. The molecule has 4 bridgehead atoms. The molecule has 0 radical (unpaired) electrons. The molecule has 0 atom stereocenters. The predicted molar refractivity (Wildman–Crippen MR) is 111 cm³/mol. The van der Waals surface area contributed by atoms with Crippen LogP contribution in [0.1, 0.15) is 68.6 Å². The number of rotatable bonds is 8. The Morgan fingerprint density at radius 3 is 2.39 bits per heavy atom. The number of amides is 1. The van der Waals surface area contributed by atoms with E-state index in [9.17, 15) is 9.59 Å². The Balaban J connectivity index is 1.33. The minimum absolute atomic E-state index is 0.0466. The van der Waals surface area contributed by atoms with E-state index in [4.69, 9.17) is 4.74 Å². The van der Waals surface area contributed by atoms with Crippen LogP contribution in [0.4, 0.5) is 0 Å². The molecular weight excluding hydrogens is 370 g/mol. The molecule has 4 aliphatic rings. The quantitative estimate of drug-likeness (QED) is 0.385. The highest BCUT2D eigenvalue weighted by atomic mass is 32.2. The highest BCUT2D eigenvalue weighted by Crippen LogP contribution is 2.55. The summed E-state index contributed by atoms with van der Waals surface area (Å²) in [4.78, 5) is 25.9. The molecule has 0 heterocycles. The fourth-order valence-electron chi connectivity index (χ4n) is 5.89. The summed E-state index contributed by atoms with van der Waals surface area (Å²) in [6, 6.07) is 7.44. The molecule has 5 rings (SSSR count). The molecule has 1 N–H and O–H groups in total. The lowest BCUT2D eigenvalue weighted by Gasteiger charge is -2.56. The normalized spacial score (nSPS) is 30.2. The van der Waals surface area contributed by atoms with E-state index in [1.807, 2.05) is 18.2 Å². The highest BCUT2D eigenvalue weighted by molar-refractivity contribution is 8.00. The van der Waals surface area contributed by atoms with E-state index in [0.717, 1.165) is 54.8 Å². The Morgan fingerprint density at radius 2 is 1.75 bits per heavy atom. The first-order chi connectivity index (χ1) is 13.6. The molecule has 5 heteroatoms. The Labute approximate surface area is 172 Å². The van der Waals surface area contributed by atoms with Crippen molar-refractivity contribution in [1.29, 1.82) is 0 Å². The van der Waals surface area contributed by atoms with Crippen molar-refractivity contribution in [1.82, 2.24) is 5.32 Å². The standard InChI is InChI=1S/C23H31NO3S/c1-2-3-8-27-22(26)19-6-4-5-7-20(19)28-15-21(25)24-23-12-16-9-17(13-23)11-18(10-16)14-23/h4-7,16-18H,2-3,8-15H2,1H3,(H,24,25). The van der Waals surface area contributed by atoms with E-state index in [-0.39, 0.29) is 17.4 Å². The highest BCUT2D eigenvalue weighted by Gasteiger charge is 2.51. The summed E-state index contributed by atoms with van der Waals surface area (Å²) in [5.41, 5.74) is 0.608. The van der Waals surface area contributed by atoms with Gasteiger partial charge in [-0.15, -0.1) is 11.8 Å². The van der Waals surface area contributed by atoms with E-state index in [0.29, 0.717) is 17.9 Å². The number of thioether (sulfide) groups is 1. The van der Waals surface area contributed by atoms with Crippen molar-refractivity contribution in [2.75, 3.05) is 12.4 Å². The molecule has 1 aromatic rings. The van der Waals surface area contributed by atoms with Gasteiger partial charge in [0.2, 0.25) is 5.91 Å². The maximum absolute atomic E-state index is 12.7. The number of esters is 1. The van der Waals surface area contributed by atoms with Gasteiger partial charge >= 0.3 is 5.97 Å². The summed E-state index contributed by atoms with van der Waals surface area (Å²) in [6.45, 7) is 2.51. The Kier molecular flexibility index (Phi) is 6.00. The van der Waals surface area contributed by atoms with Gasteiger partial charge < -0.3 is 10.1 Å². The molecule has 1 amide bonds. The van der Waals surface area contributed by atoms with Crippen molar-refractivity contribution >= 4 is 23.6 Å². The molecule has 4 nitrogen and oxygen atoms in total. The van der Waals surface area contributed by atoms with E-state index in [1.54, 1.807) is 6.07 Å². The second-order valence-corrected chi connectivity index (χ2v) is 10.0. The van der Waals surface area contributed by atoms with Crippen molar-refractivity contribution in [3.8, 4) is 0 Å². The molecule has 152 valence electrons. The Bertz CT molecular complexity index is 697. The number of carbonyl (C=O) groups is 2. The van der Waals surface area contributed by atoms with Crippen molar-refractivity contribution in [2.45, 2.75) is 68.7 Å². The van der Waals surface area contributed by atoms with Gasteiger partial charge in [0.25, 0.3) is 0 Å². The molecule has 0 saturated heterocycles. The van der Waals surface area contributed by atoms with Crippen LogP contribution >= 0.6 is 11.8 Å². The minimum Gasteiger partial charge on any atom is -0.462 e. The van der Waals surface area contributed by atoms with Gasteiger partial charge in [-0.1, -0.05) is 25.5 Å². The number of unbranched alkanes of at least 4 members (excludes halogenated alkanes) is 1. The first-order valence-electron chi connectivity index (χ1n) is 10.8. The number of ether oxygens (including phenoxy) is 1. The second kappa shape index (κ2) is 8.48. The van der Waals surface area contributed by atoms with Crippen LogP contribution in [0.25, 0.3) is 0 Å². The van der Waals surface area contributed by atoms with Crippen LogP contribution in [0, 0.1) is 17.8 Å². The predicted octanol–water partition coefficient (Wildman–Crippen LogP) is 4.82. The Morgan fingerprint density at radius 1 is 1.11 bits per heavy atom. The van der Waals surface area contributed by atoms with Gasteiger partial charge in [-0.3, -0.25) is 4.79 Å². The fourth-order valence-corrected chi connectivity index (χ4v) is 6.73. The van der Waals surface area contributed by atoms with Crippen LogP contribution < -0.4 is 5.32 Å². The van der Waals surface area contributed by atoms with Crippen LogP contribution in [0.15, 0.2) is 29.2 Å². The van der Waals surface area contributed by atoms with Gasteiger partial charge in [-0.05, 0) is 74.8 Å². The average Bonchev–Trinajstić information content (AvgIpc) is 2.65. The molecule has 4 aliphatic carbocycles. The number of nitrogens with one attached hydrogen (secondary N) is 1. The largest absolute Gasteiger partial charge is 0.462 e. The molecule has 1 aromatic carbocycles. The fraction of sp³-hybridized carbons (Fsp3) is 0.652. The van der Waals surface area contributed by atoms with Gasteiger partial charge in [0.1, 0.15) is 0 Å². The van der Waals surface area contributed by atoms with Crippen LogP contribution in [0.3, 0.4) is 0 Å². The number of carbonyl (C=O) groups excluding carboxylic acids is 2. The summed E-state index contributed by atoms with van der Waals surface area (Å²) in [5, 5.41) is 3.41. The van der Waals surface area contributed by atoms with Crippen LogP contribution in [0.5, 0.6) is 0 Å². The van der Waals surface area contributed by atoms with E-state index >= 15 is 0 Å². The van der Waals surface area contributed by atoms with Crippen molar-refractivity contribution in [2.24, 2.45) is 17.8 Å². The maximum atomic E-state index is 12.7. The number of hydrogen-bond acceptors (Lipinski definition) is 4. The molecule has 0 unspecified atom stereocenters. The first kappa shape index (κ1) is 19.8. The van der Waals surface area contributed by atoms with Gasteiger partial charge in [-0.2, -0.15) is 0 Å². The summed E-state index contributed by atoms with van der Waals surface area (Å²) in [6.07, 6.45) is 9.47. The van der Waals surface area contributed by atoms with Crippen LogP contribution in [-0.4, -0.2) is 29.8 Å². The zero-order chi connectivity index (χ0) is 19.6. The Hall–Kier alpha value is -1.49. The topological polar surface area (TPSA) is 55.4 Å². The molecule has 0 aliphatic heterocycles. The molecule has 0 spiro atoms. The molecule has 0 aromatic heterocycles. The summed E-state index contributed by atoms with van der Waals surface area (Å²) in [7, 11) is 0. The third kappa shape index (κ3) is 4.40. The average molecular weight is 402 g/mol. The van der Waals surface area contributed by atoms with Crippen molar-refractivity contribution in [3.63, 3.8) is 0 Å². The molecule has 4 saturated carbocycles. The number of benzene rings is 1. The maximum Gasteiger partial charge on any atom is 0.339 e. The van der Waals surface area contributed by atoms with Crippen molar-refractivity contribution in [3.05, 3.63) is 29.8 Å². The van der Waals surface area contributed by atoms with E-state index < -0.39 is 0 Å². The third-order valence-corrected chi connectivity index (χ3v) is 7.71. The lowest BCUT2D eigenvalue weighted by Crippen LogP contribution is -2.60. The zero-order valence-corrected chi connectivity index (χ0v) is 17.6. The molecular formula is C23H31NO3S. The smallest absolute Gasteiger partial charge is 0.339 e. The third-order valence-electron chi connectivity index (χ3n) is 6.64. The van der Waals surface area contributed by atoms with Gasteiger partial charge in [0, 0.05) is 10.4 Å². The summed E-state index contributed by atoms with van der Waals surface area (Å²) in [5.74, 6) is 2.61.